The number of benzene rings is 1. The van der Waals surface area contributed by atoms with Gasteiger partial charge >= 0.3 is 5.97 Å². The normalized spacial score (nSPS) is 24.2. The predicted octanol–water partition coefficient (Wildman–Crippen LogP) is 2.64. The zero-order chi connectivity index (χ0) is 19.1. The summed E-state index contributed by atoms with van der Waals surface area (Å²) in [7, 11) is -2.07. The fraction of sp³-hybridized carbons (Fsp3) is 0.368. The maximum Gasteiger partial charge on any atom is 0.337 e. The minimum Gasteiger partial charge on any atom is -0.465 e. The van der Waals surface area contributed by atoms with Gasteiger partial charge in [-0.25, -0.2) is 13.2 Å². The van der Waals surface area contributed by atoms with Crippen LogP contribution in [0.15, 0.2) is 46.6 Å². The fourth-order valence-corrected chi connectivity index (χ4v) is 4.60. The van der Waals surface area contributed by atoms with Gasteiger partial charge in [0.2, 0.25) is 10.0 Å². The molecule has 0 N–H and O–H groups in total. The molecule has 6 nitrogen and oxygen atoms in total. The summed E-state index contributed by atoms with van der Waals surface area (Å²) in [6.07, 6.45) is 5.67. The second kappa shape index (κ2) is 6.39. The number of hydrogen-bond acceptors (Lipinski definition) is 5. The lowest BCUT2D eigenvalue weighted by Crippen LogP contribution is -2.32. The molecule has 0 aromatic heterocycles. The minimum atomic E-state index is -3.41. The standard InChI is InChI=1S/C19H22N2O4S/c1-13-11-14(2)20-19(13)9-10-21(26(4,23)24)17(19)12-15-5-7-16(8-6-15)18(22)25-3/h5-8,11-12H,9-10H2,1-4H3/b17-12+/t19-/m1/s1. The Kier molecular flexibility index (Phi) is 4.52. The molecule has 1 spiro atoms. The summed E-state index contributed by atoms with van der Waals surface area (Å²) in [6, 6.07) is 6.87. The lowest BCUT2D eigenvalue weighted by molar-refractivity contribution is 0.0600. The molecule has 1 aromatic carbocycles. The van der Waals surface area contributed by atoms with Crippen molar-refractivity contribution in [3.63, 3.8) is 0 Å². The molecule has 1 aromatic rings. The summed E-state index contributed by atoms with van der Waals surface area (Å²) in [5.41, 5.74) is 3.20. The van der Waals surface area contributed by atoms with E-state index in [-0.39, 0.29) is 0 Å². The Morgan fingerprint density at radius 1 is 1.27 bits per heavy atom. The molecule has 0 amide bonds. The average molecular weight is 374 g/mol. The van der Waals surface area contributed by atoms with Crippen molar-refractivity contribution < 1.29 is 17.9 Å². The van der Waals surface area contributed by atoms with Crippen LogP contribution in [0.4, 0.5) is 0 Å². The Labute approximate surface area is 153 Å². The first kappa shape index (κ1) is 18.4. The van der Waals surface area contributed by atoms with Crippen LogP contribution in [-0.4, -0.2) is 49.9 Å². The van der Waals surface area contributed by atoms with E-state index in [0.29, 0.717) is 24.2 Å². The van der Waals surface area contributed by atoms with E-state index in [0.717, 1.165) is 16.8 Å². The molecule has 7 heteroatoms. The van der Waals surface area contributed by atoms with Crippen LogP contribution in [0.1, 0.15) is 36.2 Å². The van der Waals surface area contributed by atoms with Gasteiger partial charge in [-0.3, -0.25) is 9.30 Å². The number of hydrogen-bond donors (Lipinski definition) is 0. The summed E-state index contributed by atoms with van der Waals surface area (Å²) in [5, 5.41) is 0. The Bertz CT molecular complexity index is 942. The van der Waals surface area contributed by atoms with E-state index in [1.54, 1.807) is 24.3 Å². The Hall–Kier alpha value is -2.41. The number of methoxy groups -OCH3 is 1. The highest BCUT2D eigenvalue weighted by atomic mass is 32.2. The van der Waals surface area contributed by atoms with Gasteiger partial charge in [0.25, 0.3) is 0 Å². The van der Waals surface area contributed by atoms with Crippen LogP contribution in [0.3, 0.4) is 0 Å². The van der Waals surface area contributed by atoms with Crippen LogP contribution >= 0.6 is 0 Å². The lowest BCUT2D eigenvalue weighted by Gasteiger charge is -2.27. The van der Waals surface area contributed by atoms with Crippen molar-refractivity contribution in [2.24, 2.45) is 4.99 Å². The van der Waals surface area contributed by atoms with Crippen LogP contribution < -0.4 is 0 Å². The minimum absolute atomic E-state index is 0.396. The van der Waals surface area contributed by atoms with E-state index in [1.165, 1.54) is 17.7 Å². The van der Waals surface area contributed by atoms with E-state index in [2.05, 4.69) is 0 Å². The van der Waals surface area contributed by atoms with E-state index in [4.69, 9.17) is 9.73 Å². The number of allylic oxidation sites excluding steroid dienone is 1. The van der Waals surface area contributed by atoms with Crippen LogP contribution in [0.5, 0.6) is 0 Å². The van der Waals surface area contributed by atoms with Crippen molar-refractivity contribution in [1.82, 2.24) is 4.31 Å². The molecule has 2 aliphatic rings. The predicted molar refractivity (Wildman–Crippen MR) is 102 cm³/mol. The van der Waals surface area contributed by atoms with Gasteiger partial charge in [0.05, 0.1) is 24.6 Å². The van der Waals surface area contributed by atoms with Gasteiger partial charge in [0.15, 0.2) is 0 Å². The SMILES string of the molecule is COC(=O)c1ccc(/C=C2/N(S(C)(=O)=O)CC[C@]23N=C(C)C=C3C)cc1. The summed E-state index contributed by atoms with van der Waals surface area (Å²) in [6.45, 7) is 4.30. The van der Waals surface area contributed by atoms with Crippen molar-refractivity contribution in [1.29, 1.82) is 0 Å². The molecule has 3 rings (SSSR count). The first-order valence-corrected chi connectivity index (χ1v) is 10.2. The Balaban J connectivity index is 2.09. The van der Waals surface area contributed by atoms with Gasteiger partial charge in [-0.15, -0.1) is 0 Å². The lowest BCUT2D eigenvalue weighted by atomic mass is 9.88. The average Bonchev–Trinajstić information content (AvgIpc) is 3.08. The van der Waals surface area contributed by atoms with E-state index in [1.807, 2.05) is 26.0 Å². The zero-order valence-electron chi connectivity index (χ0n) is 15.3. The van der Waals surface area contributed by atoms with E-state index < -0.39 is 21.5 Å². The molecule has 138 valence electrons. The smallest absolute Gasteiger partial charge is 0.337 e. The number of carbonyl (C=O) groups is 1. The first-order chi connectivity index (χ1) is 12.2. The van der Waals surface area contributed by atoms with Gasteiger partial charge in [-0.2, -0.15) is 0 Å². The third kappa shape index (κ3) is 3.07. The summed E-state index contributed by atoms with van der Waals surface area (Å²) in [4.78, 5) is 16.4. The molecular weight excluding hydrogens is 352 g/mol. The van der Waals surface area contributed by atoms with Gasteiger partial charge in [-0.1, -0.05) is 12.1 Å². The van der Waals surface area contributed by atoms with Gasteiger partial charge in [-0.05, 0) is 49.3 Å². The Morgan fingerprint density at radius 3 is 2.42 bits per heavy atom. The highest BCUT2D eigenvalue weighted by molar-refractivity contribution is 7.88. The Morgan fingerprint density at radius 2 is 1.92 bits per heavy atom. The summed E-state index contributed by atoms with van der Waals surface area (Å²) >= 11 is 0. The molecule has 1 fully saturated rings. The molecule has 2 heterocycles. The number of aliphatic imine (C=N–C) groups is 1. The second-order valence-corrected chi connectivity index (χ2v) is 8.58. The maximum atomic E-state index is 12.3. The molecule has 1 atom stereocenters. The molecule has 0 bridgehead atoms. The molecule has 0 aliphatic carbocycles. The van der Waals surface area contributed by atoms with Crippen molar-refractivity contribution in [2.45, 2.75) is 25.8 Å². The number of rotatable bonds is 3. The summed E-state index contributed by atoms with van der Waals surface area (Å²) < 4.78 is 30.7. The van der Waals surface area contributed by atoms with Crippen LogP contribution in [-0.2, 0) is 14.8 Å². The maximum absolute atomic E-state index is 12.3. The van der Waals surface area contributed by atoms with Crippen molar-refractivity contribution in [3.05, 3.63) is 52.7 Å². The number of sulfonamides is 1. The van der Waals surface area contributed by atoms with Crippen LogP contribution in [0.25, 0.3) is 6.08 Å². The third-order valence-electron chi connectivity index (χ3n) is 4.85. The third-order valence-corrected chi connectivity index (χ3v) is 6.03. The van der Waals surface area contributed by atoms with Gasteiger partial charge < -0.3 is 4.74 Å². The second-order valence-electron chi connectivity index (χ2n) is 6.67. The first-order valence-electron chi connectivity index (χ1n) is 8.31. The number of carbonyl (C=O) groups excluding carboxylic acids is 1. The monoisotopic (exact) mass is 374 g/mol. The molecule has 26 heavy (non-hydrogen) atoms. The van der Waals surface area contributed by atoms with Crippen molar-refractivity contribution >= 4 is 27.8 Å². The zero-order valence-corrected chi connectivity index (χ0v) is 16.1. The molecule has 1 saturated heterocycles. The molecule has 2 aliphatic heterocycles. The highest BCUT2D eigenvalue weighted by Gasteiger charge is 2.48. The van der Waals surface area contributed by atoms with Gasteiger partial charge in [0, 0.05) is 18.7 Å². The highest BCUT2D eigenvalue weighted by Crippen LogP contribution is 2.45. The number of esters is 1. The van der Waals surface area contributed by atoms with Crippen LogP contribution in [0, 0.1) is 0 Å². The molecule has 0 unspecified atom stereocenters. The number of ether oxygens (including phenoxy) is 1. The van der Waals surface area contributed by atoms with Crippen molar-refractivity contribution in [3.8, 4) is 0 Å². The molecular formula is C19H22N2O4S. The molecule has 0 radical (unpaired) electrons. The van der Waals surface area contributed by atoms with Crippen molar-refractivity contribution in [2.75, 3.05) is 19.9 Å². The topological polar surface area (TPSA) is 76.0 Å². The fourth-order valence-electron chi connectivity index (χ4n) is 3.61. The van der Waals surface area contributed by atoms with Crippen LogP contribution in [0.2, 0.25) is 0 Å². The summed E-state index contributed by atoms with van der Waals surface area (Å²) in [5.74, 6) is -0.408. The van der Waals surface area contributed by atoms with Gasteiger partial charge in [0.1, 0.15) is 5.54 Å². The quantitative estimate of drug-likeness (QED) is 0.762. The molecule has 0 saturated carbocycles. The largest absolute Gasteiger partial charge is 0.465 e. The van der Waals surface area contributed by atoms with E-state index >= 15 is 0 Å². The van der Waals surface area contributed by atoms with E-state index in [9.17, 15) is 13.2 Å². The number of nitrogens with zero attached hydrogens (tertiary/aromatic N) is 2.